The third kappa shape index (κ3) is 4.13. The smallest absolute Gasteiger partial charge is 0.347 e. The van der Waals surface area contributed by atoms with Crippen molar-refractivity contribution in [3.8, 4) is 11.5 Å². The number of Topliss-reactive ketones (excluding diaryl/α,β-unsaturated/α-hetero) is 1. The van der Waals surface area contributed by atoms with Gasteiger partial charge < -0.3 is 9.47 Å². The summed E-state index contributed by atoms with van der Waals surface area (Å²) in [6, 6.07) is 13.1. The molecule has 0 bridgehead atoms. The molecule has 0 fully saturated rings. The molecule has 0 aliphatic heterocycles. The van der Waals surface area contributed by atoms with Gasteiger partial charge in [-0.3, -0.25) is 4.79 Å². The largest absolute Gasteiger partial charge is 0.423 e. The van der Waals surface area contributed by atoms with Crippen molar-refractivity contribution in [1.82, 2.24) is 0 Å². The first-order valence-corrected chi connectivity index (χ1v) is 8.04. The number of esters is 2. The van der Waals surface area contributed by atoms with Crippen molar-refractivity contribution in [1.29, 1.82) is 0 Å². The van der Waals surface area contributed by atoms with E-state index in [0.717, 1.165) is 5.56 Å². The van der Waals surface area contributed by atoms with E-state index in [-0.39, 0.29) is 23.5 Å². The van der Waals surface area contributed by atoms with Crippen LogP contribution in [0.4, 0.5) is 0 Å². The van der Waals surface area contributed by atoms with E-state index in [2.05, 4.69) is 0 Å². The molecule has 130 valence electrons. The quantitative estimate of drug-likeness (QED) is 0.480. The van der Waals surface area contributed by atoms with Crippen molar-refractivity contribution in [2.24, 2.45) is 0 Å². The van der Waals surface area contributed by atoms with E-state index >= 15 is 0 Å². The van der Waals surface area contributed by atoms with Crippen molar-refractivity contribution >= 4 is 17.7 Å². The summed E-state index contributed by atoms with van der Waals surface area (Å²) in [6.07, 6.45) is 4.95. The molecule has 0 unspecified atom stereocenters. The van der Waals surface area contributed by atoms with Gasteiger partial charge in [-0.15, -0.1) is 0 Å². The standard InChI is InChI=1S/C21H16O5/c1-14-6-8-15(9-7-14)20(23)25-16-10-12-17(13-11-16)26-21(24)18-4-2-3-5-19(18)22/h2-4,6-13H,5H2,1H3. The highest BCUT2D eigenvalue weighted by atomic mass is 16.5. The number of ketones is 1. The molecule has 26 heavy (non-hydrogen) atoms. The van der Waals surface area contributed by atoms with Gasteiger partial charge in [0.25, 0.3) is 0 Å². The average Bonchev–Trinajstić information content (AvgIpc) is 2.64. The Morgan fingerprint density at radius 1 is 0.846 bits per heavy atom. The third-order valence-electron chi connectivity index (χ3n) is 3.75. The third-order valence-corrected chi connectivity index (χ3v) is 3.75. The van der Waals surface area contributed by atoms with E-state index in [9.17, 15) is 14.4 Å². The summed E-state index contributed by atoms with van der Waals surface area (Å²) in [7, 11) is 0. The van der Waals surface area contributed by atoms with Crippen LogP contribution in [0.1, 0.15) is 22.3 Å². The van der Waals surface area contributed by atoms with Crippen molar-refractivity contribution < 1.29 is 23.9 Å². The van der Waals surface area contributed by atoms with Crippen LogP contribution in [0, 0.1) is 6.92 Å². The van der Waals surface area contributed by atoms with E-state index in [1.165, 1.54) is 30.3 Å². The second-order valence-electron chi connectivity index (χ2n) is 5.75. The van der Waals surface area contributed by atoms with E-state index < -0.39 is 11.9 Å². The van der Waals surface area contributed by atoms with Gasteiger partial charge in [-0.2, -0.15) is 0 Å². The Morgan fingerprint density at radius 2 is 1.42 bits per heavy atom. The minimum Gasteiger partial charge on any atom is -0.423 e. The van der Waals surface area contributed by atoms with Crippen LogP contribution in [-0.4, -0.2) is 17.7 Å². The summed E-state index contributed by atoms with van der Waals surface area (Å²) in [5.74, 6) is -0.871. The van der Waals surface area contributed by atoms with Crippen molar-refractivity contribution in [2.45, 2.75) is 13.3 Å². The Kier molecular flexibility index (Phi) is 5.08. The van der Waals surface area contributed by atoms with Crippen LogP contribution >= 0.6 is 0 Å². The Morgan fingerprint density at radius 3 is 2.00 bits per heavy atom. The molecule has 5 heteroatoms. The van der Waals surface area contributed by atoms with E-state index in [1.807, 2.05) is 19.1 Å². The minimum absolute atomic E-state index is 0.0161. The molecule has 2 aromatic rings. The van der Waals surface area contributed by atoms with Gasteiger partial charge >= 0.3 is 11.9 Å². The molecule has 0 saturated heterocycles. The van der Waals surface area contributed by atoms with Gasteiger partial charge in [-0.05, 0) is 49.4 Å². The second-order valence-corrected chi connectivity index (χ2v) is 5.75. The molecular formula is C21H16O5. The summed E-state index contributed by atoms with van der Waals surface area (Å²) >= 11 is 0. The number of carbonyl (C=O) groups is 3. The second kappa shape index (κ2) is 7.61. The zero-order valence-corrected chi connectivity index (χ0v) is 14.1. The lowest BCUT2D eigenvalue weighted by Crippen LogP contribution is -2.19. The Bertz CT molecular complexity index is 902. The molecule has 1 aliphatic carbocycles. The molecule has 0 atom stereocenters. The van der Waals surface area contributed by atoms with Gasteiger partial charge in [0, 0.05) is 6.42 Å². The van der Waals surface area contributed by atoms with E-state index in [1.54, 1.807) is 24.3 Å². The van der Waals surface area contributed by atoms with Crippen LogP contribution in [0.3, 0.4) is 0 Å². The zero-order chi connectivity index (χ0) is 18.5. The van der Waals surface area contributed by atoms with Crippen LogP contribution in [0.5, 0.6) is 11.5 Å². The predicted molar refractivity (Wildman–Crippen MR) is 95.1 cm³/mol. The highest BCUT2D eigenvalue weighted by Crippen LogP contribution is 2.20. The van der Waals surface area contributed by atoms with Gasteiger partial charge in [-0.1, -0.05) is 29.8 Å². The SMILES string of the molecule is Cc1ccc(C(=O)Oc2ccc(OC(=O)C3=CC=CCC3=O)cc2)cc1. The lowest BCUT2D eigenvalue weighted by molar-refractivity contribution is -0.132. The number of benzene rings is 2. The fourth-order valence-electron chi connectivity index (χ4n) is 2.32. The molecule has 3 rings (SSSR count). The highest BCUT2D eigenvalue weighted by Gasteiger charge is 2.20. The molecule has 0 N–H and O–H groups in total. The van der Waals surface area contributed by atoms with Gasteiger partial charge in [0.1, 0.15) is 17.1 Å². The first kappa shape index (κ1) is 17.4. The first-order chi connectivity index (χ1) is 12.5. The van der Waals surface area contributed by atoms with E-state index in [4.69, 9.17) is 9.47 Å². The van der Waals surface area contributed by atoms with Gasteiger partial charge in [0.15, 0.2) is 5.78 Å². The predicted octanol–water partition coefficient (Wildman–Crippen LogP) is 3.58. The number of carbonyl (C=O) groups excluding carboxylic acids is 3. The number of aryl methyl sites for hydroxylation is 1. The maximum atomic E-state index is 12.1. The Labute approximate surface area is 150 Å². The van der Waals surface area contributed by atoms with Crippen LogP contribution in [0.15, 0.2) is 72.3 Å². The first-order valence-electron chi connectivity index (χ1n) is 8.04. The van der Waals surface area contributed by atoms with Crippen molar-refractivity contribution in [3.05, 3.63) is 83.5 Å². The topological polar surface area (TPSA) is 69.7 Å². The molecular weight excluding hydrogens is 332 g/mol. The van der Waals surface area contributed by atoms with Crippen molar-refractivity contribution in [2.75, 3.05) is 0 Å². The molecule has 0 heterocycles. The fourth-order valence-corrected chi connectivity index (χ4v) is 2.32. The molecule has 0 saturated carbocycles. The fraction of sp³-hybridized carbons (Fsp3) is 0.0952. The summed E-state index contributed by atoms with van der Waals surface area (Å²) in [4.78, 5) is 35.8. The highest BCUT2D eigenvalue weighted by molar-refractivity contribution is 6.19. The van der Waals surface area contributed by atoms with Crippen LogP contribution in [0.2, 0.25) is 0 Å². The number of ether oxygens (including phenoxy) is 2. The molecule has 0 spiro atoms. The average molecular weight is 348 g/mol. The summed E-state index contributed by atoms with van der Waals surface area (Å²) in [5, 5.41) is 0. The minimum atomic E-state index is -0.705. The number of hydrogen-bond donors (Lipinski definition) is 0. The van der Waals surface area contributed by atoms with Gasteiger partial charge in [0.2, 0.25) is 0 Å². The Balaban J connectivity index is 1.63. The lowest BCUT2D eigenvalue weighted by Gasteiger charge is -2.09. The summed E-state index contributed by atoms with van der Waals surface area (Å²) < 4.78 is 10.5. The van der Waals surface area contributed by atoms with Crippen LogP contribution in [0.25, 0.3) is 0 Å². The lowest BCUT2D eigenvalue weighted by atomic mass is 10.0. The van der Waals surface area contributed by atoms with E-state index in [0.29, 0.717) is 11.3 Å². The number of hydrogen-bond acceptors (Lipinski definition) is 5. The maximum absolute atomic E-state index is 12.1. The molecule has 0 radical (unpaired) electrons. The van der Waals surface area contributed by atoms with Crippen LogP contribution in [-0.2, 0) is 9.59 Å². The zero-order valence-electron chi connectivity index (χ0n) is 14.1. The number of rotatable bonds is 4. The molecule has 2 aromatic carbocycles. The molecule has 0 amide bonds. The maximum Gasteiger partial charge on any atom is 0.347 e. The number of allylic oxidation sites excluding steroid dienone is 3. The molecule has 0 aromatic heterocycles. The van der Waals surface area contributed by atoms with Gasteiger partial charge in [-0.25, -0.2) is 9.59 Å². The molecule has 5 nitrogen and oxygen atoms in total. The Hall–Kier alpha value is -3.47. The normalized spacial score (nSPS) is 13.1. The van der Waals surface area contributed by atoms with Gasteiger partial charge in [0.05, 0.1) is 5.56 Å². The summed E-state index contributed by atoms with van der Waals surface area (Å²) in [5.41, 5.74) is 1.51. The monoisotopic (exact) mass is 348 g/mol. The molecule has 1 aliphatic rings. The van der Waals surface area contributed by atoms with Crippen molar-refractivity contribution in [3.63, 3.8) is 0 Å². The van der Waals surface area contributed by atoms with Crippen LogP contribution < -0.4 is 9.47 Å². The summed E-state index contributed by atoms with van der Waals surface area (Å²) in [6.45, 7) is 1.93.